The zero-order valence-corrected chi connectivity index (χ0v) is 13.2. The largest absolute Gasteiger partial charge is 0.481 e. The van der Waals surface area contributed by atoms with Crippen molar-refractivity contribution in [3.8, 4) is 0 Å². The van der Waals surface area contributed by atoms with Crippen LogP contribution in [0.3, 0.4) is 0 Å². The molecule has 0 amide bonds. The van der Waals surface area contributed by atoms with E-state index in [1.165, 1.54) is 6.42 Å². The molecule has 0 aliphatic heterocycles. The molecule has 118 valence electrons. The van der Waals surface area contributed by atoms with Crippen LogP contribution < -0.4 is 5.32 Å². The molecule has 0 aliphatic carbocycles. The number of rotatable bonds is 13. The van der Waals surface area contributed by atoms with Crippen molar-refractivity contribution < 1.29 is 19.8 Å². The lowest BCUT2D eigenvalue weighted by Crippen LogP contribution is -2.37. The molecule has 0 aromatic carbocycles. The van der Waals surface area contributed by atoms with E-state index < -0.39 is 18.0 Å². The first-order valence-electron chi connectivity index (χ1n) is 7.25. The second-order valence-corrected chi connectivity index (χ2v) is 6.21. The molecular weight excluding hydrogens is 278 g/mol. The van der Waals surface area contributed by atoms with Gasteiger partial charge in [0.05, 0.1) is 5.92 Å². The summed E-state index contributed by atoms with van der Waals surface area (Å²) in [6.45, 7) is 4.36. The summed E-state index contributed by atoms with van der Waals surface area (Å²) in [4.78, 5) is 21.7. The summed E-state index contributed by atoms with van der Waals surface area (Å²) in [6, 6.07) is -0.524. The first kappa shape index (κ1) is 19.2. The fraction of sp³-hybridized carbons (Fsp3) is 0.857. The Labute approximate surface area is 125 Å². The van der Waals surface area contributed by atoms with Crippen molar-refractivity contribution in [1.82, 2.24) is 5.32 Å². The van der Waals surface area contributed by atoms with Gasteiger partial charge in [-0.3, -0.25) is 9.59 Å². The molecule has 0 spiro atoms. The van der Waals surface area contributed by atoms with E-state index in [-0.39, 0.29) is 5.92 Å². The van der Waals surface area contributed by atoms with Gasteiger partial charge in [0.2, 0.25) is 0 Å². The molecule has 3 N–H and O–H groups in total. The Hall–Kier alpha value is -0.750. The second-order valence-electron chi connectivity index (χ2n) is 4.98. The molecule has 0 aromatic rings. The van der Waals surface area contributed by atoms with Gasteiger partial charge < -0.3 is 15.5 Å². The molecule has 6 heteroatoms. The van der Waals surface area contributed by atoms with Gasteiger partial charge in [0, 0.05) is 0 Å². The van der Waals surface area contributed by atoms with E-state index in [4.69, 9.17) is 10.2 Å². The zero-order chi connectivity index (χ0) is 15.4. The Balaban J connectivity index is 3.75. The molecular formula is C14H27NO4S. The summed E-state index contributed by atoms with van der Waals surface area (Å²) < 4.78 is 0. The standard InChI is InChI=1S/C14H27NO4S/c1-3-4-9-20-10-7-12(14(18)19)15-8-5-6-11(2)13(16)17/h11-12,15H,3-10H2,1-2H3,(H,16,17)(H,18,19). The third kappa shape index (κ3) is 10.1. The van der Waals surface area contributed by atoms with E-state index >= 15 is 0 Å². The van der Waals surface area contributed by atoms with Gasteiger partial charge in [-0.25, -0.2) is 0 Å². The molecule has 0 saturated carbocycles. The van der Waals surface area contributed by atoms with Crippen LogP contribution in [-0.2, 0) is 9.59 Å². The first-order valence-corrected chi connectivity index (χ1v) is 8.41. The van der Waals surface area contributed by atoms with Gasteiger partial charge in [-0.15, -0.1) is 0 Å². The van der Waals surface area contributed by atoms with Crippen LogP contribution in [0.25, 0.3) is 0 Å². The summed E-state index contributed by atoms with van der Waals surface area (Å²) in [5.41, 5.74) is 0. The van der Waals surface area contributed by atoms with Gasteiger partial charge in [-0.1, -0.05) is 20.3 Å². The topological polar surface area (TPSA) is 86.6 Å². The van der Waals surface area contributed by atoms with Crippen LogP contribution in [0.2, 0.25) is 0 Å². The lowest BCUT2D eigenvalue weighted by molar-refractivity contribution is -0.142. The maximum atomic E-state index is 11.1. The van der Waals surface area contributed by atoms with E-state index in [2.05, 4.69) is 12.2 Å². The van der Waals surface area contributed by atoms with Crippen LogP contribution >= 0.6 is 11.8 Å². The zero-order valence-electron chi connectivity index (χ0n) is 12.4. The van der Waals surface area contributed by atoms with Crippen LogP contribution in [0.4, 0.5) is 0 Å². The SMILES string of the molecule is CCCCSCCC(NCCCC(C)C(=O)O)C(=O)O. The summed E-state index contributed by atoms with van der Waals surface area (Å²) in [5, 5.41) is 20.9. The lowest BCUT2D eigenvalue weighted by Gasteiger charge is -2.14. The van der Waals surface area contributed by atoms with E-state index in [0.717, 1.165) is 17.9 Å². The molecule has 0 heterocycles. The van der Waals surface area contributed by atoms with Crippen LogP contribution in [0.5, 0.6) is 0 Å². The van der Waals surface area contributed by atoms with Gasteiger partial charge in [0.1, 0.15) is 6.04 Å². The number of nitrogens with one attached hydrogen (secondary N) is 1. The maximum absolute atomic E-state index is 11.1. The Morgan fingerprint density at radius 2 is 1.80 bits per heavy atom. The molecule has 0 bridgehead atoms. The minimum Gasteiger partial charge on any atom is -0.481 e. The Bertz CT molecular complexity index is 286. The second kappa shape index (κ2) is 12.0. The van der Waals surface area contributed by atoms with E-state index in [1.807, 2.05) is 0 Å². The number of carbonyl (C=O) groups is 2. The molecule has 5 nitrogen and oxygen atoms in total. The van der Waals surface area contributed by atoms with Crippen molar-refractivity contribution >= 4 is 23.7 Å². The number of hydrogen-bond donors (Lipinski definition) is 3. The molecule has 0 saturated heterocycles. The van der Waals surface area contributed by atoms with Crippen molar-refractivity contribution in [2.45, 2.75) is 52.0 Å². The molecule has 0 radical (unpaired) electrons. The number of carboxylic acids is 2. The quantitative estimate of drug-likeness (QED) is 0.453. The minimum absolute atomic E-state index is 0.371. The van der Waals surface area contributed by atoms with E-state index in [9.17, 15) is 9.59 Å². The average molecular weight is 305 g/mol. The third-order valence-corrected chi connectivity index (χ3v) is 4.22. The summed E-state index contributed by atoms with van der Waals surface area (Å²) in [6.07, 6.45) is 4.19. The van der Waals surface area contributed by atoms with Crippen LogP contribution in [-0.4, -0.2) is 46.2 Å². The van der Waals surface area contributed by atoms with E-state index in [0.29, 0.717) is 25.8 Å². The summed E-state index contributed by atoms with van der Waals surface area (Å²) in [7, 11) is 0. The molecule has 0 aliphatic rings. The number of aliphatic carboxylic acids is 2. The fourth-order valence-electron chi connectivity index (χ4n) is 1.67. The van der Waals surface area contributed by atoms with Crippen molar-refractivity contribution in [3.05, 3.63) is 0 Å². The highest BCUT2D eigenvalue weighted by Gasteiger charge is 2.16. The molecule has 20 heavy (non-hydrogen) atoms. The summed E-state index contributed by atoms with van der Waals surface area (Å²) in [5.74, 6) is -0.0711. The first-order chi connectivity index (χ1) is 9.49. The highest BCUT2D eigenvalue weighted by molar-refractivity contribution is 7.99. The Kier molecular flexibility index (Phi) is 11.6. The minimum atomic E-state index is -0.827. The smallest absolute Gasteiger partial charge is 0.320 e. The average Bonchev–Trinajstić information content (AvgIpc) is 2.39. The lowest BCUT2D eigenvalue weighted by atomic mass is 10.1. The van der Waals surface area contributed by atoms with Crippen molar-refractivity contribution in [1.29, 1.82) is 0 Å². The number of carboxylic acid groups (broad SMARTS) is 2. The van der Waals surface area contributed by atoms with Gasteiger partial charge >= 0.3 is 11.9 Å². The third-order valence-electron chi connectivity index (χ3n) is 3.12. The molecule has 2 unspecified atom stereocenters. The number of unbranched alkanes of at least 4 members (excludes halogenated alkanes) is 1. The van der Waals surface area contributed by atoms with Gasteiger partial charge in [0.15, 0.2) is 0 Å². The molecule has 2 atom stereocenters. The van der Waals surface area contributed by atoms with Gasteiger partial charge in [0.25, 0.3) is 0 Å². The predicted octanol–water partition coefficient (Wildman–Crippen LogP) is 2.45. The van der Waals surface area contributed by atoms with Crippen molar-refractivity contribution in [2.24, 2.45) is 5.92 Å². The van der Waals surface area contributed by atoms with Crippen molar-refractivity contribution in [3.63, 3.8) is 0 Å². The van der Waals surface area contributed by atoms with Gasteiger partial charge in [-0.05, 0) is 43.7 Å². The van der Waals surface area contributed by atoms with E-state index in [1.54, 1.807) is 18.7 Å². The van der Waals surface area contributed by atoms with Crippen molar-refractivity contribution in [2.75, 3.05) is 18.1 Å². The van der Waals surface area contributed by atoms with Crippen LogP contribution in [0.1, 0.15) is 46.0 Å². The van der Waals surface area contributed by atoms with Gasteiger partial charge in [-0.2, -0.15) is 11.8 Å². The molecule has 0 fully saturated rings. The molecule has 0 aromatic heterocycles. The Morgan fingerprint density at radius 1 is 1.10 bits per heavy atom. The monoisotopic (exact) mass is 305 g/mol. The van der Waals surface area contributed by atoms with Crippen LogP contribution in [0.15, 0.2) is 0 Å². The maximum Gasteiger partial charge on any atom is 0.320 e. The predicted molar refractivity (Wildman–Crippen MR) is 82.3 cm³/mol. The fourth-order valence-corrected chi connectivity index (χ4v) is 2.77. The molecule has 0 rings (SSSR count). The highest BCUT2D eigenvalue weighted by Crippen LogP contribution is 2.09. The van der Waals surface area contributed by atoms with Crippen LogP contribution in [0, 0.1) is 5.92 Å². The summed E-state index contributed by atoms with van der Waals surface area (Å²) >= 11 is 1.79. The normalized spacial score (nSPS) is 13.9. The highest BCUT2D eigenvalue weighted by atomic mass is 32.2. The number of thioether (sulfide) groups is 1. The number of hydrogen-bond acceptors (Lipinski definition) is 4. The Morgan fingerprint density at radius 3 is 2.35 bits per heavy atom.